The molecular weight excluding hydrogens is 370 g/mol. The molecular formula is C20H21F2N2O2S+. The summed E-state index contributed by atoms with van der Waals surface area (Å²) in [7, 11) is 0. The summed E-state index contributed by atoms with van der Waals surface area (Å²) >= 11 is 1.73. The molecule has 0 spiro atoms. The molecule has 1 N–H and O–H groups in total. The Morgan fingerprint density at radius 1 is 1.15 bits per heavy atom. The molecule has 2 aliphatic heterocycles. The zero-order valence-electron chi connectivity index (χ0n) is 14.9. The molecule has 2 aromatic rings. The smallest absolute Gasteiger partial charge is 0.387 e. The van der Waals surface area contributed by atoms with Crippen molar-refractivity contribution < 1.29 is 23.2 Å². The predicted molar refractivity (Wildman–Crippen MR) is 103 cm³/mol. The van der Waals surface area contributed by atoms with E-state index >= 15 is 0 Å². The molecule has 0 bridgehead atoms. The molecule has 2 aliphatic rings. The summed E-state index contributed by atoms with van der Waals surface area (Å²) in [5.74, 6) is 1.09. The number of hydrogen-bond acceptors (Lipinski definition) is 4. The van der Waals surface area contributed by atoms with E-state index in [2.05, 4.69) is 33.9 Å². The minimum absolute atomic E-state index is 0.0861. The summed E-state index contributed by atoms with van der Waals surface area (Å²) in [6.07, 6.45) is 0.977. The van der Waals surface area contributed by atoms with Crippen LogP contribution in [0.2, 0.25) is 0 Å². The van der Waals surface area contributed by atoms with E-state index in [1.54, 1.807) is 23.9 Å². The number of rotatable bonds is 4. The van der Waals surface area contributed by atoms with E-state index in [4.69, 9.17) is 0 Å². The summed E-state index contributed by atoms with van der Waals surface area (Å²) in [6, 6.07) is 14.5. The standard InChI is InChI=1S/C20H21F2N2O2S/c1-14-3-7-16(8-4-14)23-13-20(25,24-11-2-12-27-19(23)24)15-5-9-17(10-6-15)26-18(21)22/h3-10,18,25H,2,11-13H2,1H3/q+1. The van der Waals surface area contributed by atoms with Gasteiger partial charge in [0.05, 0.1) is 6.54 Å². The van der Waals surface area contributed by atoms with Gasteiger partial charge in [0.25, 0.3) is 5.72 Å². The van der Waals surface area contributed by atoms with Gasteiger partial charge in [-0.05, 0) is 61.5 Å². The van der Waals surface area contributed by atoms with Crippen LogP contribution in [-0.4, -0.2) is 40.3 Å². The number of aryl methyl sites for hydroxylation is 1. The van der Waals surface area contributed by atoms with Gasteiger partial charge in [-0.15, -0.1) is 0 Å². The van der Waals surface area contributed by atoms with Crippen LogP contribution < -0.4 is 9.64 Å². The summed E-state index contributed by atoms with van der Waals surface area (Å²) in [5, 5.41) is 12.6. The maximum Gasteiger partial charge on any atom is 0.387 e. The van der Waals surface area contributed by atoms with Gasteiger partial charge in [-0.3, -0.25) is 0 Å². The molecule has 142 valence electrons. The van der Waals surface area contributed by atoms with Crippen molar-refractivity contribution in [1.82, 2.24) is 0 Å². The maximum absolute atomic E-state index is 12.4. The van der Waals surface area contributed by atoms with Crippen molar-refractivity contribution in [3.8, 4) is 5.75 Å². The molecule has 0 aliphatic carbocycles. The number of halogens is 2. The third-order valence-corrected chi connectivity index (χ3v) is 6.12. The number of anilines is 1. The van der Waals surface area contributed by atoms with E-state index in [0.29, 0.717) is 12.1 Å². The number of aliphatic hydroxyl groups is 1. The zero-order chi connectivity index (χ0) is 19.0. The number of nitrogens with zero attached hydrogens (tertiary/aromatic N) is 2. The molecule has 0 fully saturated rings. The van der Waals surface area contributed by atoms with E-state index in [9.17, 15) is 13.9 Å². The number of benzene rings is 2. The second-order valence-corrected chi connectivity index (χ2v) is 7.84. The van der Waals surface area contributed by atoms with Gasteiger partial charge in [-0.1, -0.05) is 17.7 Å². The number of ether oxygens (including phenoxy) is 1. The summed E-state index contributed by atoms with van der Waals surface area (Å²) < 4.78 is 31.2. The van der Waals surface area contributed by atoms with Crippen molar-refractivity contribution in [3.05, 3.63) is 59.7 Å². The third-order valence-electron chi connectivity index (χ3n) is 4.93. The first-order valence-electron chi connectivity index (χ1n) is 8.87. The van der Waals surface area contributed by atoms with E-state index < -0.39 is 12.3 Å². The third kappa shape index (κ3) is 3.41. The lowest BCUT2D eigenvalue weighted by Gasteiger charge is -2.24. The Labute approximate surface area is 161 Å². The van der Waals surface area contributed by atoms with E-state index in [1.165, 1.54) is 17.7 Å². The average molecular weight is 391 g/mol. The van der Waals surface area contributed by atoms with Crippen molar-refractivity contribution >= 4 is 22.6 Å². The minimum Gasteiger partial charge on any atom is -0.435 e. The number of amidine groups is 1. The summed E-state index contributed by atoms with van der Waals surface area (Å²) in [6.45, 7) is 0.312. The van der Waals surface area contributed by atoms with Crippen LogP contribution >= 0.6 is 11.8 Å². The fourth-order valence-corrected chi connectivity index (χ4v) is 4.76. The Morgan fingerprint density at radius 3 is 2.52 bits per heavy atom. The highest BCUT2D eigenvalue weighted by Gasteiger charge is 2.53. The van der Waals surface area contributed by atoms with Gasteiger partial charge in [-0.25, -0.2) is 9.48 Å². The summed E-state index contributed by atoms with van der Waals surface area (Å²) in [5.41, 5.74) is 1.67. The fourth-order valence-electron chi connectivity index (χ4n) is 3.58. The molecule has 1 atom stereocenters. The van der Waals surface area contributed by atoms with Crippen molar-refractivity contribution in [2.75, 3.05) is 23.7 Å². The van der Waals surface area contributed by atoms with Gasteiger partial charge < -0.3 is 9.84 Å². The molecule has 4 nitrogen and oxygen atoms in total. The first kappa shape index (κ1) is 18.3. The van der Waals surface area contributed by atoms with Crippen LogP contribution in [0.25, 0.3) is 0 Å². The molecule has 0 radical (unpaired) electrons. The normalized spacial score (nSPS) is 22.3. The second kappa shape index (κ2) is 7.13. The molecule has 2 heterocycles. The van der Waals surface area contributed by atoms with Crippen LogP contribution in [0.3, 0.4) is 0 Å². The van der Waals surface area contributed by atoms with E-state index in [-0.39, 0.29) is 5.75 Å². The molecule has 4 rings (SSSR count). The predicted octanol–water partition coefficient (Wildman–Crippen LogP) is 3.77. The highest BCUT2D eigenvalue weighted by Crippen LogP contribution is 2.38. The minimum atomic E-state index is -2.86. The molecule has 7 heteroatoms. The molecule has 1 unspecified atom stereocenters. The number of hydrogen-bond donors (Lipinski definition) is 1. The van der Waals surface area contributed by atoms with Crippen molar-refractivity contribution in [2.45, 2.75) is 25.7 Å². The van der Waals surface area contributed by atoms with Crippen LogP contribution in [0.15, 0.2) is 48.5 Å². The lowest BCUT2D eigenvalue weighted by atomic mass is 10.0. The van der Waals surface area contributed by atoms with Gasteiger partial charge in [-0.2, -0.15) is 8.78 Å². The van der Waals surface area contributed by atoms with Gasteiger partial charge in [0.15, 0.2) is 6.54 Å². The average Bonchev–Trinajstić information content (AvgIpc) is 2.97. The largest absolute Gasteiger partial charge is 0.435 e. The number of β-amino-alcohol motifs (C(OH)–C–C–N with tert-alkyl or cyclic N) is 1. The Bertz CT molecular complexity index is 855. The number of thioether (sulfide) groups is 1. The van der Waals surface area contributed by atoms with E-state index in [1.807, 2.05) is 11.5 Å². The molecule has 0 amide bonds. The molecule has 0 aromatic heterocycles. The topological polar surface area (TPSA) is 35.7 Å². The van der Waals surface area contributed by atoms with Crippen LogP contribution in [0.5, 0.6) is 5.75 Å². The Morgan fingerprint density at radius 2 is 1.85 bits per heavy atom. The monoisotopic (exact) mass is 391 g/mol. The van der Waals surface area contributed by atoms with Crippen LogP contribution in [-0.2, 0) is 5.72 Å². The number of alkyl halides is 2. The lowest BCUT2D eigenvalue weighted by molar-refractivity contribution is -0.656. The Hall–Kier alpha value is -2.12. The van der Waals surface area contributed by atoms with Crippen LogP contribution in [0, 0.1) is 6.92 Å². The highest BCUT2D eigenvalue weighted by atomic mass is 32.2. The summed E-state index contributed by atoms with van der Waals surface area (Å²) in [4.78, 5) is 2.13. The molecule has 2 aromatic carbocycles. The molecule has 0 saturated heterocycles. The van der Waals surface area contributed by atoms with Gasteiger partial charge in [0.2, 0.25) is 0 Å². The molecule has 27 heavy (non-hydrogen) atoms. The Balaban J connectivity index is 1.69. The van der Waals surface area contributed by atoms with Gasteiger partial charge >= 0.3 is 11.8 Å². The fraction of sp³-hybridized carbons (Fsp3) is 0.350. The van der Waals surface area contributed by atoms with Crippen molar-refractivity contribution in [3.63, 3.8) is 0 Å². The van der Waals surface area contributed by atoms with E-state index in [0.717, 1.165) is 29.6 Å². The van der Waals surface area contributed by atoms with Crippen LogP contribution in [0.4, 0.5) is 14.5 Å². The SMILES string of the molecule is Cc1ccc(N2CC(O)(c3ccc(OC(F)F)cc3)[N+]3=C2SCCC3)cc1. The quantitative estimate of drug-likeness (QED) is 0.805. The van der Waals surface area contributed by atoms with Crippen LogP contribution in [0.1, 0.15) is 17.5 Å². The highest BCUT2D eigenvalue weighted by molar-refractivity contribution is 8.13. The maximum atomic E-state index is 12.4. The zero-order valence-corrected chi connectivity index (χ0v) is 15.8. The first-order valence-corrected chi connectivity index (χ1v) is 9.85. The first-order chi connectivity index (χ1) is 13.0. The molecule has 0 saturated carbocycles. The second-order valence-electron chi connectivity index (χ2n) is 6.78. The lowest BCUT2D eigenvalue weighted by Crippen LogP contribution is -2.41. The van der Waals surface area contributed by atoms with Crippen molar-refractivity contribution in [1.29, 1.82) is 0 Å². The Kier molecular flexibility index (Phi) is 4.82. The van der Waals surface area contributed by atoms with Gasteiger partial charge in [0.1, 0.15) is 11.4 Å². The van der Waals surface area contributed by atoms with Crippen molar-refractivity contribution in [2.24, 2.45) is 0 Å². The van der Waals surface area contributed by atoms with Gasteiger partial charge in [0, 0.05) is 11.3 Å².